The first-order chi connectivity index (χ1) is 12.7. The molecular weight excluding hydrogens is 439 g/mol. The normalized spacial score (nSPS) is 16.5. The Morgan fingerprint density at radius 3 is 2.52 bits per heavy atom. The summed E-state index contributed by atoms with van der Waals surface area (Å²) in [5.74, 6) is -0.961. The molecule has 1 aliphatic heterocycles. The van der Waals surface area contributed by atoms with Crippen LogP contribution in [0.2, 0.25) is 5.02 Å². The lowest BCUT2D eigenvalue weighted by atomic mass is 10.3. The highest BCUT2D eigenvalue weighted by Crippen LogP contribution is 2.26. The molecule has 0 saturated carbocycles. The summed E-state index contributed by atoms with van der Waals surface area (Å²) < 4.78 is 72.4. The van der Waals surface area contributed by atoms with Gasteiger partial charge in [0.05, 0.1) is 13.2 Å². The average Bonchev–Trinajstić information content (AvgIpc) is 3.10. The molecule has 0 amide bonds. The van der Waals surface area contributed by atoms with Crippen LogP contribution in [0.4, 0.5) is 4.39 Å². The van der Waals surface area contributed by atoms with Crippen molar-refractivity contribution in [2.24, 2.45) is 0 Å². The Hall–Kier alpha value is -1.08. The standard InChI is InChI=1S/C15H16ClFN2O5S3/c16-11-1-3-14(13(17)9-11)26(20,21)18-10-12-2-4-15(25-12)27(22,23)19-5-7-24-8-6-19/h1-4,9,18H,5-8,10H2. The van der Waals surface area contributed by atoms with Crippen LogP contribution in [0.5, 0.6) is 0 Å². The zero-order valence-electron chi connectivity index (χ0n) is 13.9. The van der Waals surface area contributed by atoms with Gasteiger partial charge in [-0.2, -0.15) is 4.31 Å². The second-order valence-corrected chi connectivity index (χ2v) is 11.1. The molecule has 1 aliphatic rings. The van der Waals surface area contributed by atoms with E-state index >= 15 is 0 Å². The van der Waals surface area contributed by atoms with Crippen LogP contribution in [0.25, 0.3) is 0 Å². The first kappa shape index (κ1) is 20.6. The van der Waals surface area contributed by atoms with Gasteiger partial charge in [0.2, 0.25) is 10.0 Å². The van der Waals surface area contributed by atoms with Gasteiger partial charge >= 0.3 is 0 Å². The molecule has 27 heavy (non-hydrogen) atoms. The summed E-state index contributed by atoms with van der Waals surface area (Å²) in [6, 6.07) is 6.22. The third kappa shape index (κ3) is 4.67. The zero-order valence-corrected chi connectivity index (χ0v) is 17.1. The molecule has 12 heteroatoms. The molecule has 2 heterocycles. The summed E-state index contributed by atoms with van der Waals surface area (Å²) in [4.78, 5) is -0.0376. The van der Waals surface area contributed by atoms with Crippen molar-refractivity contribution in [3.63, 3.8) is 0 Å². The van der Waals surface area contributed by atoms with Crippen molar-refractivity contribution in [3.8, 4) is 0 Å². The van der Waals surface area contributed by atoms with Gasteiger partial charge in [0.25, 0.3) is 10.0 Å². The Morgan fingerprint density at radius 2 is 1.85 bits per heavy atom. The number of benzene rings is 1. The minimum atomic E-state index is -4.11. The van der Waals surface area contributed by atoms with Crippen molar-refractivity contribution in [2.45, 2.75) is 15.6 Å². The number of halogens is 2. The first-order valence-electron chi connectivity index (χ1n) is 7.81. The summed E-state index contributed by atoms with van der Waals surface area (Å²) in [7, 11) is -7.74. The molecule has 0 bridgehead atoms. The summed E-state index contributed by atoms with van der Waals surface area (Å²) in [6.45, 7) is 1.07. The van der Waals surface area contributed by atoms with Gasteiger partial charge in [0.1, 0.15) is 14.9 Å². The van der Waals surface area contributed by atoms with Crippen LogP contribution in [0, 0.1) is 5.82 Å². The summed E-state index contributed by atoms with van der Waals surface area (Å²) in [5, 5.41) is 0.0858. The lowest BCUT2D eigenvalue weighted by Crippen LogP contribution is -2.40. The molecule has 148 valence electrons. The van der Waals surface area contributed by atoms with Crippen molar-refractivity contribution in [2.75, 3.05) is 26.3 Å². The summed E-state index contributed by atoms with van der Waals surface area (Å²) >= 11 is 6.59. The number of morpholine rings is 1. The van der Waals surface area contributed by atoms with Crippen molar-refractivity contribution in [3.05, 3.63) is 46.0 Å². The number of hydrogen-bond donors (Lipinski definition) is 1. The van der Waals surface area contributed by atoms with E-state index in [0.717, 1.165) is 23.5 Å². The van der Waals surface area contributed by atoms with Crippen LogP contribution < -0.4 is 4.72 Å². The smallest absolute Gasteiger partial charge is 0.252 e. The largest absolute Gasteiger partial charge is 0.379 e. The SMILES string of the molecule is O=S(=O)(NCc1ccc(S(=O)(=O)N2CCOCC2)s1)c1ccc(Cl)cc1F. The predicted molar refractivity (Wildman–Crippen MR) is 99.3 cm³/mol. The number of nitrogens with zero attached hydrogens (tertiary/aromatic N) is 1. The maximum atomic E-state index is 13.8. The van der Waals surface area contributed by atoms with E-state index in [1.54, 1.807) is 0 Å². The lowest BCUT2D eigenvalue weighted by Gasteiger charge is -2.25. The van der Waals surface area contributed by atoms with Gasteiger partial charge in [0, 0.05) is 29.5 Å². The molecule has 1 aromatic heterocycles. The molecule has 0 unspecified atom stereocenters. The topological polar surface area (TPSA) is 92.8 Å². The van der Waals surface area contributed by atoms with Gasteiger partial charge in [-0.3, -0.25) is 0 Å². The van der Waals surface area contributed by atoms with Crippen molar-refractivity contribution >= 4 is 43.0 Å². The van der Waals surface area contributed by atoms with E-state index in [9.17, 15) is 21.2 Å². The maximum absolute atomic E-state index is 13.8. The molecule has 0 aliphatic carbocycles. The number of sulfonamides is 2. The average molecular weight is 455 g/mol. The fourth-order valence-corrected chi connectivity index (χ4v) is 6.61. The van der Waals surface area contributed by atoms with Crippen molar-refractivity contribution < 1.29 is 26.0 Å². The Balaban J connectivity index is 1.72. The number of thiophene rings is 1. The fraction of sp³-hybridized carbons (Fsp3) is 0.333. The third-order valence-corrected chi connectivity index (χ3v) is 8.94. The van der Waals surface area contributed by atoms with Crippen LogP contribution in [0.1, 0.15) is 4.88 Å². The third-order valence-electron chi connectivity index (χ3n) is 3.82. The Bertz CT molecular complexity index is 1030. The number of rotatable bonds is 6. The van der Waals surface area contributed by atoms with E-state index in [1.807, 2.05) is 0 Å². The van der Waals surface area contributed by atoms with Crippen LogP contribution in [0.3, 0.4) is 0 Å². The van der Waals surface area contributed by atoms with Gasteiger partial charge < -0.3 is 4.74 Å². The Labute approximate surface area is 165 Å². The molecule has 1 fully saturated rings. The molecule has 0 spiro atoms. The van der Waals surface area contributed by atoms with E-state index < -0.39 is 30.8 Å². The maximum Gasteiger partial charge on any atom is 0.252 e. The Kier molecular flexibility index (Phi) is 6.21. The van der Waals surface area contributed by atoms with Crippen molar-refractivity contribution in [1.82, 2.24) is 9.03 Å². The van der Waals surface area contributed by atoms with Crippen LogP contribution in [0.15, 0.2) is 39.4 Å². The molecule has 1 N–H and O–H groups in total. The second kappa shape index (κ2) is 8.11. The minimum Gasteiger partial charge on any atom is -0.379 e. The molecule has 0 atom stereocenters. The van der Waals surface area contributed by atoms with E-state index in [-0.39, 0.29) is 28.9 Å². The molecular formula is C15H16ClFN2O5S3. The number of nitrogens with one attached hydrogen (secondary N) is 1. The van der Waals surface area contributed by atoms with Crippen LogP contribution >= 0.6 is 22.9 Å². The molecule has 2 aromatic rings. The first-order valence-corrected chi connectivity index (χ1v) is 11.9. The van der Waals surface area contributed by atoms with Gasteiger partial charge in [-0.1, -0.05) is 11.6 Å². The second-order valence-electron chi connectivity index (χ2n) is 5.64. The summed E-state index contributed by atoms with van der Waals surface area (Å²) in [6.07, 6.45) is 0. The molecule has 7 nitrogen and oxygen atoms in total. The minimum absolute atomic E-state index is 0.0858. The Morgan fingerprint density at radius 1 is 1.15 bits per heavy atom. The van der Waals surface area contributed by atoms with E-state index in [4.69, 9.17) is 16.3 Å². The zero-order chi connectivity index (χ0) is 19.7. The summed E-state index contributed by atoms with van der Waals surface area (Å²) in [5.41, 5.74) is 0. The highest BCUT2D eigenvalue weighted by atomic mass is 35.5. The molecule has 1 aromatic carbocycles. The van der Waals surface area contributed by atoms with Gasteiger partial charge in [-0.05, 0) is 30.3 Å². The van der Waals surface area contributed by atoms with Gasteiger partial charge in [0.15, 0.2) is 0 Å². The van der Waals surface area contributed by atoms with Crippen LogP contribution in [-0.4, -0.2) is 47.4 Å². The van der Waals surface area contributed by atoms with Crippen molar-refractivity contribution in [1.29, 1.82) is 0 Å². The van der Waals surface area contributed by atoms with E-state index in [2.05, 4.69) is 4.72 Å². The van der Waals surface area contributed by atoms with Gasteiger partial charge in [-0.25, -0.2) is 25.9 Å². The highest BCUT2D eigenvalue weighted by Gasteiger charge is 2.28. The fourth-order valence-electron chi connectivity index (χ4n) is 2.44. The molecule has 1 saturated heterocycles. The highest BCUT2D eigenvalue weighted by molar-refractivity contribution is 7.91. The quantitative estimate of drug-likeness (QED) is 0.721. The van der Waals surface area contributed by atoms with E-state index in [0.29, 0.717) is 18.1 Å². The van der Waals surface area contributed by atoms with Crippen LogP contribution in [-0.2, 0) is 31.3 Å². The van der Waals surface area contributed by atoms with Gasteiger partial charge in [-0.15, -0.1) is 11.3 Å². The molecule has 0 radical (unpaired) electrons. The predicted octanol–water partition coefficient (Wildman–Crippen LogP) is 2.04. The molecule has 3 rings (SSSR count). The number of hydrogen-bond acceptors (Lipinski definition) is 6. The monoisotopic (exact) mass is 454 g/mol. The number of ether oxygens (including phenoxy) is 1. The lowest BCUT2D eigenvalue weighted by molar-refractivity contribution is 0.0731. The van der Waals surface area contributed by atoms with E-state index in [1.165, 1.54) is 22.5 Å².